The summed E-state index contributed by atoms with van der Waals surface area (Å²) in [6, 6.07) is 8.92. The van der Waals surface area contributed by atoms with E-state index in [0.717, 1.165) is 5.56 Å². The highest BCUT2D eigenvalue weighted by molar-refractivity contribution is 6.30. The molecule has 0 unspecified atom stereocenters. The number of hydrogen-bond donors (Lipinski definition) is 1. The van der Waals surface area contributed by atoms with Crippen LogP contribution in [0, 0.1) is 11.3 Å². The van der Waals surface area contributed by atoms with Crippen LogP contribution in [0.5, 0.6) is 0 Å². The molecule has 2 heterocycles. The zero-order valence-corrected chi connectivity index (χ0v) is 11.3. The molecule has 3 aromatic rings. The zero-order chi connectivity index (χ0) is 14.8. The molecule has 0 aliphatic rings. The lowest BCUT2D eigenvalue weighted by atomic mass is 10.2. The van der Waals surface area contributed by atoms with Gasteiger partial charge >= 0.3 is 0 Å². The quantitative estimate of drug-likeness (QED) is 0.782. The highest BCUT2D eigenvalue weighted by atomic mass is 35.5. The van der Waals surface area contributed by atoms with Crippen molar-refractivity contribution < 1.29 is 4.52 Å². The fourth-order valence-electron chi connectivity index (χ4n) is 1.69. The second-order valence-electron chi connectivity index (χ2n) is 4.07. The topological polar surface area (TPSA) is 119 Å². The Kier molecular flexibility index (Phi) is 3.25. The van der Waals surface area contributed by atoms with Gasteiger partial charge in [0.2, 0.25) is 5.82 Å². The summed E-state index contributed by atoms with van der Waals surface area (Å²) in [5, 5.41) is 20.7. The molecule has 0 radical (unpaired) electrons. The van der Waals surface area contributed by atoms with Crippen molar-refractivity contribution >= 4 is 17.4 Å². The molecule has 2 aromatic heterocycles. The van der Waals surface area contributed by atoms with E-state index in [2.05, 4.69) is 20.5 Å². The number of halogens is 1. The van der Waals surface area contributed by atoms with Crippen LogP contribution < -0.4 is 5.73 Å². The summed E-state index contributed by atoms with van der Waals surface area (Å²) in [4.78, 5) is 4.22. The predicted octanol–water partition coefficient (Wildman–Crippen LogP) is 1.75. The first-order valence-corrected chi connectivity index (χ1v) is 6.23. The van der Waals surface area contributed by atoms with Crippen LogP contribution in [0.25, 0.3) is 23.0 Å². The Labute approximate surface area is 123 Å². The van der Waals surface area contributed by atoms with E-state index in [-0.39, 0.29) is 23.9 Å². The second kappa shape index (κ2) is 5.22. The summed E-state index contributed by atoms with van der Waals surface area (Å²) >= 11 is 5.83. The van der Waals surface area contributed by atoms with Crippen molar-refractivity contribution in [3.8, 4) is 29.0 Å². The van der Waals surface area contributed by atoms with Gasteiger partial charge in [0.1, 0.15) is 6.54 Å². The van der Waals surface area contributed by atoms with Gasteiger partial charge in [0.25, 0.3) is 5.89 Å². The lowest BCUT2D eigenvalue weighted by Gasteiger charge is -1.94. The molecular formula is C12H8ClN7O. The smallest absolute Gasteiger partial charge is 0.282 e. The van der Waals surface area contributed by atoms with Crippen LogP contribution in [-0.4, -0.2) is 25.1 Å². The molecule has 0 fully saturated rings. The average molecular weight is 302 g/mol. The maximum absolute atomic E-state index is 8.64. The van der Waals surface area contributed by atoms with E-state index >= 15 is 0 Å². The molecule has 0 saturated heterocycles. The third-order valence-electron chi connectivity index (χ3n) is 2.72. The monoisotopic (exact) mass is 301 g/mol. The van der Waals surface area contributed by atoms with E-state index in [0.29, 0.717) is 10.8 Å². The lowest BCUT2D eigenvalue weighted by Crippen LogP contribution is -2.03. The van der Waals surface area contributed by atoms with E-state index in [9.17, 15) is 0 Å². The molecule has 8 nitrogen and oxygen atoms in total. The second-order valence-corrected chi connectivity index (χ2v) is 4.51. The third-order valence-corrected chi connectivity index (χ3v) is 2.98. The summed E-state index contributed by atoms with van der Waals surface area (Å²) in [6.07, 6.45) is 0. The molecule has 1 aromatic carbocycles. The molecule has 3 rings (SSSR count). The Hall–Kier alpha value is -2.92. The number of nitrogen functional groups attached to an aromatic ring is 1. The largest absolute Gasteiger partial charge is 0.382 e. The van der Waals surface area contributed by atoms with Crippen molar-refractivity contribution in [2.24, 2.45) is 0 Å². The summed E-state index contributed by atoms with van der Waals surface area (Å²) < 4.78 is 6.39. The Bertz CT molecular complexity index is 815. The van der Waals surface area contributed by atoms with E-state index in [1.807, 2.05) is 6.07 Å². The minimum absolute atomic E-state index is 0.00296. The van der Waals surface area contributed by atoms with Crippen LogP contribution in [0.1, 0.15) is 0 Å². The Morgan fingerprint density at radius 3 is 2.81 bits per heavy atom. The maximum atomic E-state index is 8.64. The first kappa shape index (κ1) is 13.1. The van der Waals surface area contributed by atoms with Crippen molar-refractivity contribution in [1.82, 2.24) is 25.1 Å². The van der Waals surface area contributed by atoms with Gasteiger partial charge in [-0.05, 0) is 24.3 Å². The number of anilines is 1. The maximum Gasteiger partial charge on any atom is 0.282 e. The first-order valence-electron chi connectivity index (χ1n) is 5.85. The fourth-order valence-corrected chi connectivity index (χ4v) is 1.82. The molecule has 0 saturated carbocycles. The SMILES string of the molecule is N#CCn1nnc(-c2nc(-c3ccc(Cl)cc3)no2)c1N. The number of benzene rings is 1. The van der Waals surface area contributed by atoms with Gasteiger partial charge in [0.05, 0.1) is 6.07 Å². The van der Waals surface area contributed by atoms with Crippen LogP contribution in [0.4, 0.5) is 5.82 Å². The van der Waals surface area contributed by atoms with Gasteiger partial charge in [0.15, 0.2) is 11.5 Å². The summed E-state index contributed by atoms with van der Waals surface area (Å²) in [5.41, 5.74) is 6.83. The Morgan fingerprint density at radius 1 is 1.33 bits per heavy atom. The Morgan fingerprint density at radius 2 is 2.10 bits per heavy atom. The lowest BCUT2D eigenvalue weighted by molar-refractivity contribution is 0.431. The van der Waals surface area contributed by atoms with Crippen molar-refractivity contribution in [3.63, 3.8) is 0 Å². The predicted molar refractivity (Wildman–Crippen MR) is 73.8 cm³/mol. The highest BCUT2D eigenvalue weighted by Crippen LogP contribution is 2.25. The van der Waals surface area contributed by atoms with Crippen LogP contribution >= 0.6 is 11.6 Å². The number of aromatic nitrogens is 5. The van der Waals surface area contributed by atoms with E-state index in [1.54, 1.807) is 24.3 Å². The molecular weight excluding hydrogens is 294 g/mol. The zero-order valence-electron chi connectivity index (χ0n) is 10.6. The number of nitrogens with zero attached hydrogens (tertiary/aromatic N) is 6. The van der Waals surface area contributed by atoms with Crippen LogP contribution in [0.15, 0.2) is 28.8 Å². The van der Waals surface area contributed by atoms with Crippen LogP contribution in [-0.2, 0) is 6.54 Å². The van der Waals surface area contributed by atoms with Crippen molar-refractivity contribution in [3.05, 3.63) is 29.3 Å². The summed E-state index contributed by atoms with van der Waals surface area (Å²) in [6.45, 7) is -0.00296. The van der Waals surface area contributed by atoms with Gasteiger partial charge in [-0.3, -0.25) is 0 Å². The molecule has 104 valence electrons. The first-order chi connectivity index (χ1) is 10.2. The third kappa shape index (κ3) is 2.42. The minimum atomic E-state index is -0.00296. The fraction of sp³-hybridized carbons (Fsp3) is 0.0833. The van der Waals surface area contributed by atoms with E-state index in [1.165, 1.54) is 4.68 Å². The molecule has 0 bridgehead atoms. The van der Waals surface area contributed by atoms with Gasteiger partial charge in [-0.25, -0.2) is 4.68 Å². The van der Waals surface area contributed by atoms with Gasteiger partial charge in [-0.15, -0.1) is 5.10 Å². The normalized spacial score (nSPS) is 10.5. The van der Waals surface area contributed by atoms with Gasteiger partial charge in [-0.2, -0.15) is 10.2 Å². The number of nitrogens with two attached hydrogens (primary N) is 1. The number of hydrogen-bond acceptors (Lipinski definition) is 7. The van der Waals surface area contributed by atoms with Crippen LogP contribution in [0.3, 0.4) is 0 Å². The molecule has 0 aliphatic heterocycles. The van der Waals surface area contributed by atoms with Gasteiger partial charge < -0.3 is 10.3 Å². The van der Waals surface area contributed by atoms with Crippen molar-refractivity contribution in [2.45, 2.75) is 6.54 Å². The molecule has 0 atom stereocenters. The molecule has 0 spiro atoms. The Balaban J connectivity index is 1.95. The average Bonchev–Trinajstić information content (AvgIpc) is 3.08. The van der Waals surface area contributed by atoms with E-state index < -0.39 is 0 Å². The van der Waals surface area contributed by atoms with Crippen molar-refractivity contribution in [2.75, 3.05) is 5.73 Å². The van der Waals surface area contributed by atoms with Gasteiger partial charge in [0, 0.05) is 10.6 Å². The molecule has 2 N–H and O–H groups in total. The number of nitriles is 1. The molecule has 0 amide bonds. The van der Waals surface area contributed by atoms with E-state index in [4.69, 9.17) is 27.1 Å². The summed E-state index contributed by atoms with van der Waals surface area (Å²) in [5.74, 6) is 0.723. The minimum Gasteiger partial charge on any atom is -0.382 e. The number of rotatable bonds is 3. The van der Waals surface area contributed by atoms with Gasteiger partial charge in [-0.1, -0.05) is 22.0 Å². The molecule has 0 aliphatic carbocycles. The standard InChI is InChI=1S/C12H8ClN7O/c13-8-3-1-7(2-4-8)11-16-12(21-18-11)9-10(15)20(6-5-14)19-17-9/h1-4H,6,15H2. The molecule has 21 heavy (non-hydrogen) atoms. The van der Waals surface area contributed by atoms with Crippen molar-refractivity contribution in [1.29, 1.82) is 5.26 Å². The molecule has 9 heteroatoms. The van der Waals surface area contributed by atoms with Crippen LogP contribution in [0.2, 0.25) is 5.02 Å². The highest BCUT2D eigenvalue weighted by Gasteiger charge is 2.18. The summed E-state index contributed by atoms with van der Waals surface area (Å²) in [7, 11) is 0.